The molecule has 5 heteroatoms. The molecule has 102 valence electrons. The Balaban J connectivity index is 1.83. The molecule has 0 amide bonds. The van der Waals surface area contributed by atoms with Crippen LogP contribution in [0.1, 0.15) is 24.7 Å². The summed E-state index contributed by atoms with van der Waals surface area (Å²) in [5.41, 5.74) is 1.22. The van der Waals surface area contributed by atoms with E-state index in [-0.39, 0.29) is 0 Å². The fourth-order valence-electron chi connectivity index (χ4n) is 1.89. The van der Waals surface area contributed by atoms with E-state index in [1.807, 2.05) is 16.8 Å². The molecule has 2 aromatic rings. The van der Waals surface area contributed by atoms with Gasteiger partial charge in [0.1, 0.15) is 17.9 Å². The topological polar surface area (TPSA) is 52.0 Å². The maximum atomic E-state index is 5.13. The first-order chi connectivity index (χ1) is 9.33. The fourth-order valence-corrected chi connectivity index (χ4v) is 1.89. The van der Waals surface area contributed by atoms with Crippen LogP contribution in [0.5, 0.6) is 5.75 Å². The lowest BCUT2D eigenvalue weighted by Gasteiger charge is -2.07. The number of ether oxygens (including phenoxy) is 1. The fraction of sp³-hybridized carbons (Fsp3) is 0.429. The summed E-state index contributed by atoms with van der Waals surface area (Å²) in [5.74, 6) is 1.86. The minimum Gasteiger partial charge on any atom is -0.497 e. The molecule has 0 saturated carbocycles. The van der Waals surface area contributed by atoms with Crippen molar-refractivity contribution < 1.29 is 4.74 Å². The van der Waals surface area contributed by atoms with Crippen LogP contribution in [0.25, 0.3) is 0 Å². The highest BCUT2D eigenvalue weighted by Crippen LogP contribution is 2.11. The summed E-state index contributed by atoms with van der Waals surface area (Å²) in [7, 11) is 1.67. The van der Waals surface area contributed by atoms with Crippen molar-refractivity contribution in [3.8, 4) is 5.75 Å². The van der Waals surface area contributed by atoms with Gasteiger partial charge >= 0.3 is 0 Å². The van der Waals surface area contributed by atoms with Gasteiger partial charge < -0.3 is 10.1 Å². The van der Waals surface area contributed by atoms with E-state index in [0.717, 1.165) is 37.6 Å². The third kappa shape index (κ3) is 3.79. The molecule has 5 nitrogen and oxygen atoms in total. The first kappa shape index (κ1) is 13.5. The molecule has 0 fully saturated rings. The molecule has 19 heavy (non-hydrogen) atoms. The molecule has 1 aromatic heterocycles. The SMILES string of the molecule is CCCn1ncnc1CNCc1ccc(OC)cc1. The molecule has 0 radical (unpaired) electrons. The summed E-state index contributed by atoms with van der Waals surface area (Å²) >= 11 is 0. The number of aromatic nitrogens is 3. The van der Waals surface area contributed by atoms with Crippen molar-refractivity contribution in [2.45, 2.75) is 33.0 Å². The molecule has 0 spiro atoms. The summed E-state index contributed by atoms with van der Waals surface area (Å²) in [6, 6.07) is 8.05. The number of nitrogens with one attached hydrogen (secondary N) is 1. The third-order valence-electron chi connectivity index (χ3n) is 2.90. The Kier molecular flexibility index (Phi) is 4.92. The van der Waals surface area contributed by atoms with E-state index in [0.29, 0.717) is 0 Å². The van der Waals surface area contributed by atoms with Crippen molar-refractivity contribution in [2.24, 2.45) is 0 Å². The highest BCUT2D eigenvalue weighted by Gasteiger charge is 2.02. The van der Waals surface area contributed by atoms with Gasteiger partial charge in [-0.05, 0) is 24.1 Å². The first-order valence-electron chi connectivity index (χ1n) is 6.53. The number of aryl methyl sites for hydroxylation is 1. The van der Waals surface area contributed by atoms with Crippen molar-refractivity contribution in [1.82, 2.24) is 20.1 Å². The second-order valence-corrected chi connectivity index (χ2v) is 4.35. The van der Waals surface area contributed by atoms with Gasteiger partial charge in [0.05, 0.1) is 13.7 Å². The summed E-state index contributed by atoms with van der Waals surface area (Å²) in [5, 5.41) is 7.58. The molecule has 2 rings (SSSR count). The molecule has 0 aliphatic carbocycles. The predicted molar refractivity (Wildman–Crippen MR) is 73.9 cm³/mol. The quantitative estimate of drug-likeness (QED) is 0.827. The molecule has 0 saturated heterocycles. The van der Waals surface area contributed by atoms with E-state index in [1.54, 1.807) is 13.4 Å². The van der Waals surface area contributed by atoms with Gasteiger partial charge in [0, 0.05) is 13.1 Å². The number of hydrogen-bond donors (Lipinski definition) is 1. The average molecular weight is 260 g/mol. The summed E-state index contributed by atoms with van der Waals surface area (Å²) < 4.78 is 7.08. The van der Waals surface area contributed by atoms with Crippen LogP contribution in [0.15, 0.2) is 30.6 Å². The molecular formula is C14H20N4O. The van der Waals surface area contributed by atoms with E-state index < -0.39 is 0 Å². The van der Waals surface area contributed by atoms with E-state index in [9.17, 15) is 0 Å². The average Bonchev–Trinajstić information content (AvgIpc) is 2.88. The molecule has 1 aromatic carbocycles. The number of rotatable bonds is 7. The van der Waals surface area contributed by atoms with Gasteiger partial charge in [0.2, 0.25) is 0 Å². The number of hydrogen-bond acceptors (Lipinski definition) is 4. The summed E-state index contributed by atoms with van der Waals surface area (Å²) in [6.45, 7) is 4.59. The minimum atomic E-state index is 0.728. The van der Waals surface area contributed by atoms with Crippen LogP contribution in [0.4, 0.5) is 0 Å². The smallest absolute Gasteiger partial charge is 0.140 e. The van der Waals surface area contributed by atoms with Crippen LogP contribution in [-0.4, -0.2) is 21.9 Å². The van der Waals surface area contributed by atoms with Gasteiger partial charge in [-0.3, -0.25) is 0 Å². The molecule has 0 bridgehead atoms. The highest BCUT2D eigenvalue weighted by atomic mass is 16.5. The highest BCUT2D eigenvalue weighted by molar-refractivity contribution is 5.26. The molecule has 0 unspecified atom stereocenters. The van der Waals surface area contributed by atoms with Gasteiger partial charge in [-0.25, -0.2) is 9.67 Å². The van der Waals surface area contributed by atoms with Crippen molar-refractivity contribution in [2.75, 3.05) is 7.11 Å². The Morgan fingerprint density at radius 2 is 2.00 bits per heavy atom. The Morgan fingerprint density at radius 3 is 2.68 bits per heavy atom. The first-order valence-corrected chi connectivity index (χ1v) is 6.53. The number of methoxy groups -OCH3 is 1. The van der Waals surface area contributed by atoms with E-state index in [1.165, 1.54) is 5.56 Å². The summed E-state index contributed by atoms with van der Waals surface area (Å²) in [6.07, 6.45) is 2.68. The van der Waals surface area contributed by atoms with Crippen LogP contribution >= 0.6 is 0 Å². The van der Waals surface area contributed by atoms with Gasteiger partial charge in [-0.2, -0.15) is 5.10 Å². The third-order valence-corrected chi connectivity index (χ3v) is 2.90. The second kappa shape index (κ2) is 6.89. The normalized spacial score (nSPS) is 10.6. The maximum absolute atomic E-state index is 5.13. The summed E-state index contributed by atoms with van der Waals surface area (Å²) in [4.78, 5) is 4.26. The Bertz CT molecular complexity index is 492. The minimum absolute atomic E-state index is 0.728. The van der Waals surface area contributed by atoms with E-state index in [2.05, 4.69) is 34.5 Å². The molecule has 0 aliphatic rings. The Labute approximate surface area is 113 Å². The van der Waals surface area contributed by atoms with Crippen molar-refractivity contribution in [3.05, 3.63) is 42.0 Å². The van der Waals surface area contributed by atoms with Gasteiger partial charge in [-0.15, -0.1) is 0 Å². The molecular weight excluding hydrogens is 240 g/mol. The lowest BCUT2D eigenvalue weighted by Crippen LogP contribution is -2.17. The van der Waals surface area contributed by atoms with Crippen LogP contribution in [0.2, 0.25) is 0 Å². The maximum Gasteiger partial charge on any atom is 0.140 e. The van der Waals surface area contributed by atoms with Crippen LogP contribution in [-0.2, 0) is 19.6 Å². The molecule has 1 N–H and O–H groups in total. The largest absolute Gasteiger partial charge is 0.497 e. The van der Waals surface area contributed by atoms with Crippen LogP contribution < -0.4 is 10.1 Å². The van der Waals surface area contributed by atoms with Gasteiger partial charge in [0.15, 0.2) is 0 Å². The zero-order valence-electron chi connectivity index (χ0n) is 11.5. The van der Waals surface area contributed by atoms with Crippen molar-refractivity contribution in [3.63, 3.8) is 0 Å². The zero-order chi connectivity index (χ0) is 13.5. The lowest BCUT2D eigenvalue weighted by molar-refractivity contribution is 0.414. The Morgan fingerprint density at radius 1 is 1.21 bits per heavy atom. The second-order valence-electron chi connectivity index (χ2n) is 4.35. The van der Waals surface area contributed by atoms with Gasteiger partial charge in [-0.1, -0.05) is 19.1 Å². The van der Waals surface area contributed by atoms with Crippen molar-refractivity contribution >= 4 is 0 Å². The monoisotopic (exact) mass is 260 g/mol. The Hall–Kier alpha value is -1.88. The van der Waals surface area contributed by atoms with Crippen LogP contribution in [0, 0.1) is 0 Å². The van der Waals surface area contributed by atoms with E-state index in [4.69, 9.17) is 4.74 Å². The predicted octanol–water partition coefficient (Wildman–Crippen LogP) is 1.99. The lowest BCUT2D eigenvalue weighted by atomic mass is 10.2. The number of nitrogens with zero attached hydrogens (tertiary/aromatic N) is 3. The molecule has 0 atom stereocenters. The molecule has 0 aliphatic heterocycles. The standard InChI is InChI=1S/C14H20N4O/c1-3-8-18-14(16-11-17-18)10-15-9-12-4-6-13(19-2)7-5-12/h4-7,11,15H,3,8-10H2,1-2H3. The van der Waals surface area contributed by atoms with E-state index >= 15 is 0 Å². The molecule has 1 heterocycles. The number of benzene rings is 1. The van der Waals surface area contributed by atoms with Crippen LogP contribution in [0.3, 0.4) is 0 Å². The van der Waals surface area contributed by atoms with Crippen molar-refractivity contribution in [1.29, 1.82) is 0 Å². The van der Waals surface area contributed by atoms with Gasteiger partial charge in [0.25, 0.3) is 0 Å². The zero-order valence-corrected chi connectivity index (χ0v) is 11.5.